The average Bonchev–Trinajstić information content (AvgIpc) is 3.15. The number of morpholine rings is 1. The Hall–Kier alpha value is -1.70. The van der Waals surface area contributed by atoms with Gasteiger partial charge in [0, 0.05) is 57.1 Å². The van der Waals surface area contributed by atoms with Gasteiger partial charge in [-0.25, -0.2) is 0 Å². The lowest BCUT2D eigenvalue weighted by Crippen LogP contribution is -2.59. The van der Waals surface area contributed by atoms with Crippen LogP contribution in [-0.2, 0) is 24.9 Å². The normalized spacial score (nSPS) is 25.2. The van der Waals surface area contributed by atoms with E-state index in [-0.39, 0.29) is 5.60 Å². The molecule has 4 heterocycles. The Morgan fingerprint density at radius 3 is 2.65 bits per heavy atom. The molecular weight excluding hydrogens is 330 g/mol. The summed E-state index contributed by atoms with van der Waals surface area (Å²) in [5, 5.41) is 8.39. The zero-order chi connectivity index (χ0) is 18.1. The molecule has 2 aromatic heterocycles. The topological polar surface area (TPSA) is 59.6 Å². The van der Waals surface area contributed by atoms with Gasteiger partial charge in [-0.05, 0) is 33.2 Å². The fourth-order valence-corrected chi connectivity index (χ4v) is 4.39. The standard InChI is InChI=1S/C19H29N5O2/c1-15-18(16(2)26-21-15)12-23-6-4-5-19(13-23)14-24(7-8-25-19)11-17-9-20-22(3)10-17/h9-10H,4-8,11-14H2,1-3H3. The fraction of sp³-hybridized carbons (Fsp3) is 0.684. The molecule has 2 saturated heterocycles. The van der Waals surface area contributed by atoms with Crippen LogP contribution in [0, 0.1) is 13.8 Å². The minimum absolute atomic E-state index is 0.0579. The van der Waals surface area contributed by atoms with Gasteiger partial charge in [0.05, 0.1) is 24.1 Å². The molecule has 142 valence electrons. The molecule has 0 N–H and O–H groups in total. The summed E-state index contributed by atoms with van der Waals surface area (Å²) in [4.78, 5) is 5.02. The summed E-state index contributed by atoms with van der Waals surface area (Å²) in [6.45, 7) is 10.7. The highest BCUT2D eigenvalue weighted by Gasteiger charge is 2.40. The highest BCUT2D eigenvalue weighted by molar-refractivity contribution is 5.20. The van der Waals surface area contributed by atoms with Crippen molar-refractivity contribution in [2.45, 2.75) is 45.4 Å². The van der Waals surface area contributed by atoms with Gasteiger partial charge in [0.2, 0.25) is 0 Å². The third-order valence-corrected chi connectivity index (χ3v) is 5.67. The molecule has 7 nitrogen and oxygen atoms in total. The molecule has 0 aromatic carbocycles. The average molecular weight is 359 g/mol. The monoisotopic (exact) mass is 359 g/mol. The number of likely N-dealkylation sites (tertiary alicyclic amines) is 1. The molecule has 0 amide bonds. The van der Waals surface area contributed by atoms with Crippen molar-refractivity contribution in [3.8, 4) is 0 Å². The fourth-order valence-electron chi connectivity index (χ4n) is 4.39. The van der Waals surface area contributed by atoms with Crippen molar-refractivity contribution >= 4 is 0 Å². The van der Waals surface area contributed by atoms with Crippen molar-refractivity contribution in [2.75, 3.05) is 32.8 Å². The lowest BCUT2D eigenvalue weighted by atomic mass is 9.90. The van der Waals surface area contributed by atoms with Gasteiger partial charge >= 0.3 is 0 Å². The minimum atomic E-state index is -0.0579. The molecule has 2 fully saturated rings. The number of ether oxygens (including phenoxy) is 1. The van der Waals surface area contributed by atoms with Gasteiger partial charge in [0.15, 0.2) is 0 Å². The van der Waals surface area contributed by atoms with Crippen LogP contribution in [0.15, 0.2) is 16.9 Å². The highest BCUT2D eigenvalue weighted by atomic mass is 16.5. The molecule has 1 atom stereocenters. The van der Waals surface area contributed by atoms with Gasteiger partial charge in [-0.2, -0.15) is 5.10 Å². The molecule has 0 radical (unpaired) electrons. The quantitative estimate of drug-likeness (QED) is 0.831. The first-order valence-corrected chi connectivity index (χ1v) is 9.51. The van der Waals surface area contributed by atoms with E-state index < -0.39 is 0 Å². The van der Waals surface area contributed by atoms with E-state index in [9.17, 15) is 0 Å². The Morgan fingerprint density at radius 1 is 1.15 bits per heavy atom. The number of hydrogen-bond donors (Lipinski definition) is 0. The maximum absolute atomic E-state index is 6.35. The van der Waals surface area contributed by atoms with Crippen LogP contribution in [0.1, 0.15) is 35.4 Å². The SMILES string of the molecule is Cc1noc(C)c1CN1CCCC2(CN(Cc3cnn(C)c3)CCO2)C1. The van der Waals surface area contributed by atoms with Crippen molar-refractivity contribution in [2.24, 2.45) is 7.05 Å². The number of aryl methyl sites for hydroxylation is 3. The van der Waals surface area contributed by atoms with Crippen molar-refractivity contribution in [1.82, 2.24) is 24.7 Å². The summed E-state index contributed by atoms with van der Waals surface area (Å²) in [5.41, 5.74) is 3.44. The smallest absolute Gasteiger partial charge is 0.138 e. The second-order valence-electron chi connectivity index (χ2n) is 7.88. The largest absolute Gasteiger partial charge is 0.371 e. The van der Waals surface area contributed by atoms with E-state index in [1.54, 1.807) is 0 Å². The van der Waals surface area contributed by atoms with Crippen LogP contribution in [0.3, 0.4) is 0 Å². The third kappa shape index (κ3) is 3.70. The van der Waals surface area contributed by atoms with Crippen molar-refractivity contribution < 1.29 is 9.26 Å². The molecule has 2 aliphatic heterocycles. The second kappa shape index (κ2) is 7.13. The van der Waals surface area contributed by atoms with Crippen LogP contribution in [0.5, 0.6) is 0 Å². The minimum Gasteiger partial charge on any atom is -0.371 e. The summed E-state index contributed by atoms with van der Waals surface area (Å²) in [6.07, 6.45) is 6.37. The van der Waals surface area contributed by atoms with E-state index in [1.807, 2.05) is 31.8 Å². The summed E-state index contributed by atoms with van der Waals surface area (Å²) < 4.78 is 13.6. The lowest BCUT2D eigenvalue weighted by molar-refractivity contribution is -0.142. The zero-order valence-electron chi connectivity index (χ0n) is 16.1. The van der Waals surface area contributed by atoms with Gasteiger partial charge in [-0.15, -0.1) is 0 Å². The Balaban J connectivity index is 1.42. The van der Waals surface area contributed by atoms with E-state index in [0.717, 1.165) is 63.8 Å². The maximum atomic E-state index is 6.35. The van der Waals surface area contributed by atoms with E-state index in [4.69, 9.17) is 9.26 Å². The first-order chi connectivity index (χ1) is 12.5. The Labute approximate surface area is 154 Å². The molecular formula is C19H29N5O2. The number of nitrogens with zero attached hydrogens (tertiary/aromatic N) is 5. The number of piperidine rings is 1. The van der Waals surface area contributed by atoms with Crippen LogP contribution < -0.4 is 0 Å². The summed E-state index contributed by atoms with van der Waals surface area (Å²) >= 11 is 0. The van der Waals surface area contributed by atoms with Gasteiger partial charge in [-0.1, -0.05) is 5.16 Å². The van der Waals surface area contributed by atoms with Crippen molar-refractivity contribution in [1.29, 1.82) is 0 Å². The van der Waals surface area contributed by atoms with Crippen molar-refractivity contribution in [3.05, 3.63) is 35.0 Å². The molecule has 0 saturated carbocycles. The Bertz CT molecular complexity index is 731. The van der Waals surface area contributed by atoms with Crippen LogP contribution >= 0.6 is 0 Å². The van der Waals surface area contributed by atoms with Gasteiger partial charge in [0.25, 0.3) is 0 Å². The number of rotatable bonds is 4. The van der Waals surface area contributed by atoms with Crippen LogP contribution in [0.25, 0.3) is 0 Å². The van der Waals surface area contributed by atoms with E-state index in [1.165, 1.54) is 17.5 Å². The van der Waals surface area contributed by atoms with Crippen molar-refractivity contribution in [3.63, 3.8) is 0 Å². The molecule has 1 unspecified atom stereocenters. The van der Waals surface area contributed by atoms with Gasteiger partial charge in [0.1, 0.15) is 5.76 Å². The predicted octanol–water partition coefficient (Wildman–Crippen LogP) is 1.89. The Kier molecular flexibility index (Phi) is 4.86. The van der Waals surface area contributed by atoms with Crippen LogP contribution in [-0.4, -0.2) is 63.1 Å². The predicted molar refractivity (Wildman–Crippen MR) is 97.7 cm³/mol. The molecule has 26 heavy (non-hydrogen) atoms. The summed E-state index contributed by atoms with van der Waals surface area (Å²) in [5.74, 6) is 0.935. The maximum Gasteiger partial charge on any atom is 0.138 e. The number of aromatic nitrogens is 3. The Morgan fingerprint density at radius 2 is 1.96 bits per heavy atom. The lowest BCUT2D eigenvalue weighted by Gasteiger charge is -2.48. The van der Waals surface area contributed by atoms with E-state index >= 15 is 0 Å². The van der Waals surface area contributed by atoms with Crippen LogP contribution in [0.2, 0.25) is 0 Å². The molecule has 0 bridgehead atoms. The second-order valence-corrected chi connectivity index (χ2v) is 7.88. The first kappa shape index (κ1) is 17.7. The first-order valence-electron chi connectivity index (χ1n) is 9.51. The van der Waals surface area contributed by atoms with Crippen LogP contribution in [0.4, 0.5) is 0 Å². The van der Waals surface area contributed by atoms with E-state index in [0.29, 0.717) is 0 Å². The molecule has 2 aromatic rings. The zero-order valence-corrected chi connectivity index (χ0v) is 16.1. The molecule has 4 rings (SSSR count). The molecule has 2 aliphatic rings. The van der Waals surface area contributed by atoms with Gasteiger partial charge in [-0.3, -0.25) is 14.5 Å². The molecule has 1 spiro atoms. The summed E-state index contributed by atoms with van der Waals surface area (Å²) in [7, 11) is 1.97. The molecule has 7 heteroatoms. The summed E-state index contributed by atoms with van der Waals surface area (Å²) in [6, 6.07) is 0. The number of hydrogen-bond acceptors (Lipinski definition) is 6. The highest BCUT2D eigenvalue weighted by Crippen LogP contribution is 2.31. The van der Waals surface area contributed by atoms with E-state index in [2.05, 4.69) is 26.3 Å². The van der Waals surface area contributed by atoms with Gasteiger partial charge < -0.3 is 9.26 Å². The molecule has 0 aliphatic carbocycles. The third-order valence-electron chi connectivity index (χ3n) is 5.67.